The van der Waals surface area contributed by atoms with Crippen LogP contribution >= 0.6 is 11.6 Å². The lowest BCUT2D eigenvalue weighted by Gasteiger charge is -2.10. The molecule has 1 heterocycles. The number of carbonyl (C=O) groups is 2. The summed E-state index contributed by atoms with van der Waals surface area (Å²) in [6, 6.07) is 10.1. The molecule has 0 saturated heterocycles. The van der Waals surface area contributed by atoms with Crippen LogP contribution in [0.3, 0.4) is 0 Å². The van der Waals surface area contributed by atoms with E-state index in [1.54, 1.807) is 12.1 Å². The summed E-state index contributed by atoms with van der Waals surface area (Å²) < 4.78 is 38.7. The Hall–Kier alpha value is -3.46. The van der Waals surface area contributed by atoms with E-state index in [4.69, 9.17) is 20.8 Å². The van der Waals surface area contributed by atoms with Crippen LogP contribution in [0.25, 0.3) is 11.3 Å². The highest BCUT2D eigenvalue weighted by Crippen LogP contribution is 2.29. The third-order valence-electron chi connectivity index (χ3n) is 3.60. The molecule has 2 aromatic carbocycles. The smallest absolute Gasteiger partial charge is 0.387 e. The maximum Gasteiger partial charge on any atom is 0.387 e. The van der Waals surface area contributed by atoms with E-state index in [-0.39, 0.29) is 22.0 Å². The van der Waals surface area contributed by atoms with Gasteiger partial charge in [0.1, 0.15) is 5.75 Å². The molecule has 3 aromatic rings. The number of ether oxygens (including phenoxy) is 2. The van der Waals surface area contributed by atoms with Gasteiger partial charge >= 0.3 is 12.6 Å². The Morgan fingerprint density at radius 2 is 1.93 bits per heavy atom. The first-order valence-corrected chi connectivity index (χ1v) is 8.50. The van der Waals surface area contributed by atoms with E-state index in [2.05, 4.69) is 15.0 Å². The second kappa shape index (κ2) is 9.16. The van der Waals surface area contributed by atoms with Crippen LogP contribution in [-0.2, 0) is 9.53 Å². The molecular formula is C19H13ClF2N2O5. The van der Waals surface area contributed by atoms with Gasteiger partial charge < -0.3 is 19.2 Å². The van der Waals surface area contributed by atoms with Crippen LogP contribution in [-0.4, -0.2) is 30.1 Å². The van der Waals surface area contributed by atoms with Gasteiger partial charge in [-0.1, -0.05) is 23.7 Å². The number of rotatable bonds is 7. The fourth-order valence-electron chi connectivity index (χ4n) is 2.31. The van der Waals surface area contributed by atoms with Gasteiger partial charge in [0.15, 0.2) is 18.8 Å². The van der Waals surface area contributed by atoms with E-state index in [9.17, 15) is 18.4 Å². The molecule has 10 heteroatoms. The number of nitrogens with one attached hydrogen (secondary N) is 1. The molecule has 0 aliphatic rings. The summed E-state index contributed by atoms with van der Waals surface area (Å²) in [5, 5.41) is 2.33. The number of hydrogen-bond acceptors (Lipinski definition) is 6. The number of amides is 1. The number of carbonyl (C=O) groups excluding carboxylic acids is 2. The molecule has 1 N–H and O–H groups in total. The minimum Gasteiger partial charge on any atom is -0.452 e. The number of aromatic nitrogens is 1. The van der Waals surface area contributed by atoms with Crippen molar-refractivity contribution in [3.05, 3.63) is 65.6 Å². The van der Waals surface area contributed by atoms with Crippen LogP contribution in [0.15, 0.2) is 59.5 Å². The van der Waals surface area contributed by atoms with Gasteiger partial charge in [-0.25, -0.2) is 9.78 Å². The zero-order chi connectivity index (χ0) is 20.8. The maximum atomic E-state index is 12.2. The predicted octanol–water partition coefficient (Wildman–Crippen LogP) is 4.39. The predicted molar refractivity (Wildman–Crippen MR) is 98.9 cm³/mol. The van der Waals surface area contributed by atoms with Crippen molar-refractivity contribution >= 4 is 29.2 Å². The fourth-order valence-corrected chi connectivity index (χ4v) is 2.54. The van der Waals surface area contributed by atoms with Gasteiger partial charge in [0.2, 0.25) is 0 Å². The van der Waals surface area contributed by atoms with E-state index < -0.39 is 25.1 Å². The van der Waals surface area contributed by atoms with Crippen LogP contribution in [0, 0.1) is 0 Å². The number of alkyl halides is 2. The number of oxazole rings is 1. The number of benzene rings is 2. The van der Waals surface area contributed by atoms with Crippen molar-refractivity contribution in [2.45, 2.75) is 6.61 Å². The van der Waals surface area contributed by atoms with Crippen molar-refractivity contribution in [3.8, 4) is 17.1 Å². The molecule has 3 rings (SSSR count). The van der Waals surface area contributed by atoms with E-state index in [0.717, 1.165) is 5.56 Å². The molecule has 29 heavy (non-hydrogen) atoms. The molecule has 0 aliphatic heterocycles. The highest BCUT2D eigenvalue weighted by atomic mass is 35.5. The lowest BCUT2D eigenvalue weighted by atomic mass is 10.1. The Bertz CT molecular complexity index is 994. The lowest BCUT2D eigenvalue weighted by molar-refractivity contribution is -0.119. The van der Waals surface area contributed by atoms with E-state index in [1.807, 2.05) is 0 Å². The summed E-state index contributed by atoms with van der Waals surface area (Å²) >= 11 is 5.81. The number of esters is 1. The first kappa shape index (κ1) is 20.3. The highest BCUT2D eigenvalue weighted by molar-refractivity contribution is 6.32. The molecule has 0 saturated carbocycles. The molecule has 1 aromatic heterocycles. The molecule has 0 spiro atoms. The zero-order valence-electron chi connectivity index (χ0n) is 14.6. The van der Waals surface area contributed by atoms with Gasteiger partial charge in [0, 0.05) is 11.3 Å². The average Bonchev–Trinajstić information content (AvgIpc) is 3.23. The molecule has 0 fully saturated rings. The van der Waals surface area contributed by atoms with Crippen molar-refractivity contribution < 1.29 is 32.3 Å². The monoisotopic (exact) mass is 422 g/mol. The normalized spacial score (nSPS) is 10.6. The fraction of sp³-hybridized carbons (Fsp3) is 0.105. The third kappa shape index (κ3) is 5.52. The summed E-state index contributed by atoms with van der Waals surface area (Å²) in [4.78, 5) is 27.8. The van der Waals surface area contributed by atoms with E-state index >= 15 is 0 Å². The molecule has 0 atom stereocenters. The Labute approximate surface area is 168 Å². The van der Waals surface area contributed by atoms with Crippen LogP contribution in [0.2, 0.25) is 5.02 Å². The van der Waals surface area contributed by atoms with Gasteiger partial charge in [-0.15, -0.1) is 0 Å². The van der Waals surface area contributed by atoms with Crippen molar-refractivity contribution in [3.63, 3.8) is 0 Å². The van der Waals surface area contributed by atoms with Gasteiger partial charge in [0.05, 0.1) is 16.8 Å². The minimum atomic E-state index is -3.02. The largest absolute Gasteiger partial charge is 0.452 e. The third-order valence-corrected chi connectivity index (χ3v) is 3.90. The van der Waals surface area contributed by atoms with E-state index in [0.29, 0.717) is 5.76 Å². The van der Waals surface area contributed by atoms with Crippen molar-refractivity contribution in [1.29, 1.82) is 0 Å². The Morgan fingerprint density at radius 1 is 1.17 bits per heavy atom. The lowest BCUT2D eigenvalue weighted by Crippen LogP contribution is -2.21. The van der Waals surface area contributed by atoms with Gasteiger partial charge in [0.25, 0.3) is 5.91 Å². The summed E-state index contributed by atoms with van der Waals surface area (Å²) in [6.45, 7) is -3.56. The standard InChI is InChI=1S/C19H13ClF2N2O5/c20-14-7-13(5-6-15(14)29-19(21)22)24-17(25)9-27-18(26)12-3-1-11(2-4-12)16-8-23-10-28-16/h1-8,10,19H,9H2,(H,24,25). The summed E-state index contributed by atoms with van der Waals surface area (Å²) in [5.74, 6) is -0.994. The molecule has 0 bridgehead atoms. The number of anilines is 1. The Kier molecular flexibility index (Phi) is 6.40. The second-order valence-corrected chi connectivity index (χ2v) is 6.00. The van der Waals surface area contributed by atoms with Gasteiger partial charge in [-0.2, -0.15) is 8.78 Å². The summed E-state index contributed by atoms with van der Waals surface area (Å²) in [6.07, 6.45) is 2.83. The zero-order valence-corrected chi connectivity index (χ0v) is 15.4. The summed E-state index contributed by atoms with van der Waals surface area (Å²) in [5.41, 5.74) is 1.21. The van der Waals surface area contributed by atoms with Gasteiger partial charge in [-0.05, 0) is 30.3 Å². The average molecular weight is 423 g/mol. The van der Waals surface area contributed by atoms with Crippen LogP contribution < -0.4 is 10.1 Å². The molecule has 0 aliphatic carbocycles. The van der Waals surface area contributed by atoms with Crippen LogP contribution in [0.5, 0.6) is 5.75 Å². The molecule has 150 valence electrons. The molecule has 0 unspecified atom stereocenters. The highest BCUT2D eigenvalue weighted by Gasteiger charge is 2.13. The number of halogens is 3. The molecule has 7 nitrogen and oxygen atoms in total. The number of nitrogens with zero attached hydrogens (tertiary/aromatic N) is 1. The van der Waals surface area contributed by atoms with Crippen LogP contribution in [0.4, 0.5) is 14.5 Å². The molecular weight excluding hydrogens is 410 g/mol. The van der Waals surface area contributed by atoms with E-state index in [1.165, 1.54) is 42.9 Å². The first-order chi connectivity index (χ1) is 13.9. The van der Waals surface area contributed by atoms with Crippen molar-refractivity contribution in [1.82, 2.24) is 4.98 Å². The quantitative estimate of drug-likeness (QED) is 0.568. The molecule has 1 amide bonds. The topological polar surface area (TPSA) is 90.7 Å². The minimum absolute atomic E-state index is 0.105. The Balaban J connectivity index is 1.52. The molecule has 0 radical (unpaired) electrons. The first-order valence-electron chi connectivity index (χ1n) is 8.12. The van der Waals surface area contributed by atoms with Gasteiger partial charge in [-0.3, -0.25) is 4.79 Å². The second-order valence-electron chi connectivity index (χ2n) is 5.59. The maximum absolute atomic E-state index is 12.2. The SMILES string of the molecule is O=C(COC(=O)c1ccc(-c2cnco2)cc1)Nc1ccc(OC(F)F)c(Cl)c1. The Morgan fingerprint density at radius 3 is 2.55 bits per heavy atom. The number of hydrogen-bond donors (Lipinski definition) is 1. The summed E-state index contributed by atoms with van der Waals surface area (Å²) in [7, 11) is 0. The van der Waals surface area contributed by atoms with Crippen LogP contribution in [0.1, 0.15) is 10.4 Å². The van der Waals surface area contributed by atoms with Crippen molar-refractivity contribution in [2.75, 3.05) is 11.9 Å². The van der Waals surface area contributed by atoms with Crippen molar-refractivity contribution in [2.24, 2.45) is 0 Å².